The number of ether oxygens (including phenoxy) is 2. The molecule has 0 radical (unpaired) electrons. The fraction of sp³-hybridized carbons (Fsp3) is 0.167. The first-order valence-corrected chi connectivity index (χ1v) is 5.12. The summed E-state index contributed by atoms with van der Waals surface area (Å²) in [4.78, 5) is 8.09. The summed E-state index contributed by atoms with van der Waals surface area (Å²) in [5, 5.41) is 0. The van der Waals surface area contributed by atoms with Crippen LogP contribution in [0.25, 0.3) is 0 Å². The van der Waals surface area contributed by atoms with Crippen molar-refractivity contribution in [3.8, 4) is 11.5 Å². The third-order valence-corrected chi connectivity index (χ3v) is 2.14. The third-order valence-electron chi connectivity index (χ3n) is 2.14. The zero-order valence-corrected chi connectivity index (χ0v) is 9.46. The smallest absolute Gasteiger partial charge is 0.168 e. The average molecular weight is 231 g/mol. The second-order valence-corrected chi connectivity index (χ2v) is 3.37. The Balaban J connectivity index is 2.02. The molecule has 2 N–H and O–H groups in total. The second-order valence-electron chi connectivity index (χ2n) is 3.37. The van der Waals surface area contributed by atoms with Gasteiger partial charge in [-0.25, -0.2) is 9.97 Å². The quantitative estimate of drug-likeness (QED) is 0.866. The molecule has 0 amide bonds. The maximum absolute atomic E-state index is 5.55. The van der Waals surface area contributed by atoms with E-state index in [-0.39, 0.29) is 6.61 Å². The van der Waals surface area contributed by atoms with Crippen molar-refractivity contribution in [1.82, 2.24) is 9.97 Å². The van der Waals surface area contributed by atoms with Gasteiger partial charge < -0.3 is 15.2 Å². The van der Waals surface area contributed by atoms with Crippen LogP contribution in [-0.4, -0.2) is 17.1 Å². The van der Waals surface area contributed by atoms with E-state index in [1.165, 1.54) is 0 Å². The van der Waals surface area contributed by atoms with Gasteiger partial charge in [-0.2, -0.15) is 0 Å². The zero-order chi connectivity index (χ0) is 12.1. The van der Waals surface area contributed by atoms with Gasteiger partial charge in [0.05, 0.1) is 7.11 Å². The van der Waals surface area contributed by atoms with E-state index in [9.17, 15) is 0 Å². The van der Waals surface area contributed by atoms with E-state index >= 15 is 0 Å². The number of aromatic nitrogens is 2. The summed E-state index contributed by atoms with van der Waals surface area (Å²) < 4.78 is 10.6. The number of hydrogen-bond donors (Lipinski definition) is 1. The molecule has 2 rings (SSSR count). The maximum Gasteiger partial charge on any atom is 0.168 e. The highest BCUT2D eigenvalue weighted by Crippen LogP contribution is 2.19. The van der Waals surface area contributed by atoms with Crippen LogP contribution < -0.4 is 15.2 Å². The Kier molecular flexibility index (Phi) is 3.40. The Hall–Kier alpha value is -2.30. The highest BCUT2D eigenvalue weighted by Gasteiger charge is 2.00. The van der Waals surface area contributed by atoms with Crippen LogP contribution in [0.3, 0.4) is 0 Å². The number of nitrogens with two attached hydrogens (primary N) is 1. The van der Waals surface area contributed by atoms with Gasteiger partial charge in [-0.05, 0) is 18.2 Å². The lowest BCUT2D eigenvalue weighted by Gasteiger charge is -2.06. The third kappa shape index (κ3) is 3.07. The first-order chi connectivity index (χ1) is 8.28. The normalized spacial score (nSPS) is 9.94. The average Bonchev–Trinajstić information content (AvgIpc) is 2.37. The standard InChI is InChI=1S/C12H13N3O2/c1-16-9-3-2-4-10(7-9)17-8-12-14-6-5-11(13)15-12/h2-7H,8H2,1H3,(H2,13,14,15). The Morgan fingerprint density at radius 3 is 2.82 bits per heavy atom. The maximum atomic E-state index is 5.55. The number of anilines is 1. The molecule has 0 bridgehead atoms. The first kappa shape index (κ1) is 11.2. The lowest BCUT2D eigenvalue weighted by molar-refractivity contribution is 0.294. The van der Waals surface area contributed by atoms with Crippen molar-refractivity contribution in [2.75, 3.05) is 12.8 Å². The molecule has 17 heavy (non-hydrogen) atoms. The van der Waals surface area contributed by atoms with Crippen molar-refractivity contribution >= 4 is 5.82 Å². The molecule has 0 aliphatic heterocycles. The highest BCUT2D eigenvalue weighted by molar-refractivity contribution is 5.33. The molecule has 5 heteroatoms. The Morgan fingerprint density at radius 1 is 1.24 bits per heavy atom. The Bertz CT molecular complexity index is 503. The summed E-state index contributed by atoms with van der Waals surface area (Å²) in [7, 11) is 1.61. The minimum atomic E-state index is 0.276. The van der Waals surface area contributed by atoms with Gasteiger partial charge in [-0.3, -0.25) is 0 Å². The fourth-order valence-corrected chi connectivity index (χ4v) is 1.32. The highest BCUT2D eigenvalue weighted by atomic mass is 16.5. The lowest BCUT2D eigenvalue weighted by atomic mass is 10.3. The van der Waals surface area contributed by atoms with E-state index < -0.39 is 0 Å². The SMILES string of the molecule is COc1cccc(OCc2nccc(N)n2)c1. The lowest BCUT2D eigenvalue weighted by Crippen LogP contribution is -2.03. The molecular formula is C12H13N3O2. The minimum absolute atomic E-state index is 0.276. The van der Waals surface area contributed by atoms with Crippen molar-refractivity contribution < 1.29 is 9.47 Å². The van der Waals surface area contributed by atoms with Crippen molar-refractivity contribution in [1.29, 1.82) is 0 Å². The number of methoxy groups -OCH3 is 1. The minimum Gasteiger partial charge on any atom is -0.497 e. The number of nitrogens with zero attached hydrogens (tertiary/aromatic N) is 2. The second kappa shape index (κ2) is 5.16. The van der Waals surface area contributed by atoms with Gasteiger partial charge in [0.25, 0.3) is 0 Å². The van der Waals surface area contributed by atoms with E-state index in [1.54, 1.807) is 25.4 Å². The Morgan fingerprint density at radius 2 is 2.06 bits per heavy atom. The molecule has 0 aliphatic carbocycles. The van der Waals surface area contributed by atoms with Crippen molar-refractivity contribution in [3.63, 3.8) is 0 Å². The largest absolute Gasteiger partial charge is 0.497 e. The molecule has 5 nitrogen and oxygen atoms in total. The molecule has 1 aromatic heterocycles. The molecule has 0 spiro atoms. The monoisotopic (exact) mass is 231 g/mol. The Labute approximate surface area is 99.2 Å². The molecule has 0 atom stereocenters. The molecule has 88 valence electrons. The zero-order valence-electron chi connectivity index (χ0n) is 9.46. The molecule has 0 aliphatic rings. The molecule has 1 aromatic carbocycles. The van der Waals surface area contributed by atoms with Crippen LogP contribution in [-0.2, 0) is 6.61 Å². The van der Waals surface area contributed by atoms with Crippen LogP contribution in [0.15, 0.2) is 36.5 Å². The molecule has 2 aromatic rings. The van der Waals surface area contributed by atoms with E-state index in [4.69, 9.17) is 15.2 Å². The van der Waals surface area contributed by atoms with E-state index in [0.717, 1.165) is 5.75 Å². The van der Waals surface area contributed by atoms with Crippen molar-refractivity contribution in [3.05, 3.63) is 42.4 Å². The van der Waals surface area contributed by atoms with Gasteiger partial charge in [0.1, 0.15) is 23.9 Å². The van der Waals surface area contributed by atoms with Crippen LogP contribution in [0, 0.1) is 0 Å². The van der Waals surface area contributed by atoms with E-state index in [2.05, 4.69) is 9.97 Å². The molecule has 0 saturated heterocycles. The number of rotatable bonds is 4. The van der Waals surface area contributed by atoms with Crippen LogP contribution >= 0.6 is 0 Å². The van der Waals surface area contributed by atoms with Gasteiger partial charge in [-0.1, -0.05) is 6.07 Å². The van der Waals surface area contributed by atoms with E-state index in [0.29, 0.717) is 17.4 Å². The number of benzene rings is 1. The van der Waals surface area contributed by atoms with Crippen LogP contribution in [0.2, 0.25) is 0 Å². The van der Waals surface area contributed by atoms with Gasteiger partial charge >= 0.3 is 0 Å². The summed E-state index contributed by atoms with van der Waals surface area (Å²) in [6.07, 6.45) is 1.60. The van der Waals surface area contributed by atoms with Gasteiger partial charge in [0.2, 0.25) is 0 Å². The predicted molar refractivity (Wildman–Crippen MR) is 63.8 cm³/mol. The topological polar surface area (TPSA) is 70.3 Å². The predicted octanol–water partition coefficient (Wildman–Crippen LogP) is 1.65. The number of nitrogen functional groups attached to an aromatic ring is 1. The number of hydrogen-bond acceptors (Lipinski definition) is 5. The summed E-state index contributed by atoms with van der Waals surface area (Å²) in [6.45, 7) is 0.276. The van der Waals surface area contributed by atoms with Crippen molar-refractivity contribution in [2.24, 2.45) is 0 Å². The van der Waals surface area contributed by atoms with Gasteiger partial charge in [0.15, 0.2) is 5.82 Å². The summed E-state index contributed by atoms with van der Waals surface area (Å²) in [5.41, 5.74) is 5.55. The first-order valence-electron chi connectivity index (χ1n) is 5.12. The molecule has 1 heterocycles. The van der Waals surface area contributed by atoms with E-state index in [1.807, 2.05) is 18.2 Å². The molecular weight excluding hydrogens is 218 g/mol. The van der Waals surface area contributed by atoms with Gasteiger partial charge in [0, 0.05) is 12.3 Å². The van der Waals surface area contributed by atoms with Crippen LogP contribution in [0.4, 0.5) is 5.82 Å². The molecule has 0 fully saturated rings. The summed E-state index contributed by atoms with van der Waals surface area (Å²) in [5.74, 6) is 2.43. The fourth-order valence-electron chi connectivity index (χ4n) is 1.32. The molecule has 0 unspecified atom stereocenters. The summed E-state index contributed by atoms with van der Waals surface area (Å²) >= 11 is 0. The molecule has 0 saturated carbocycles. The van der Waals surface area contributed by atoms with Gasteiger partial charge in [-0.15, -0.1) is 0 Å². The van der Waals surface area contributed by atoms with Crippen LogP contribution in [0.1, 0.15) is 5.82 Å². The van der Waals surface area contributed by atoms with Crippen molar-refractivity contribution in [2.45, 2.75) is 6.61 Å². The summed E-state index contributed by atoms with van der Waals surface area (Å²) in [6, 6.07) is 8.98. The van der Waals surface area contributed by atoms with Crippen LogP contribution in [0.5, 0.6) is 11.5 Å².